The third kappa shape index (κ3) is 2.33. The number of aryl methyl sites for hydroxylation is 2. The van der Waals surface area contributed by atoms with Crippen LogP contribution in [0.3, 0.4) is 0 Å². The Morgan fingerprint density at radius 3 is 2.85 bits per heavy atom. The Morgan fingerprint density at radius 1 is 1.45 bits per heavy atom. The van der Waals surface area contributed by atoms with Gasteiger partial charge in [-0.3, -0.25) is 9.48 Å². The zero-order chi connectivity index (χ0) is 14.3. The molecule has 1 aliphatic heterocycles. The molecule has 1 atom stereocenters. The van der Waals surface area contributed by atoms with E-state index in [2.05, 4.69) is 23.1 Å². The first-order valence-electron chi connectivity index (χ1n) is 6.70. The first-order chi connectivity index (χ1) is 9.54. The van der Waals surface area contributed by atoms with Crippen molar-refractivity contribution in [3.63, 3.8) is 0 Å². The summed E-state index contributed by atoms with van der Waals surface area (Å²) >= 11 is 5.84. The molecule has 0 aromatic carbocycles. The van der Waals surface area contributed by atoms with Crippen LogP contribution in [0, 0.1) is 13.8 Å². The highest BCUT2D eigenvalue weighted by Crippen LogP contribution is 2.24. The van der Waals surface area contributed by atoms with Crippen molar-refractivity contribution in [1.82, 2.24) is 19.7 Å². The van der Waals surface area contributed by atoms with E-state index in [-0.39, 0.29) is 11.9 Å². The Hall–Kier alpha value is -1.75. The second kappa shape index (κ2) is 4.98. The van der Waals surface area contributed by atoms with Gasteiger partial charge in [0.1, 0.15) is 5.69 Å². The summed E-state index contributed by atoms with van der Waals surface area (Å²) in [4.78, 5) is 17.1. The summed E-state index contributed by atoms with van der Waals surface area (Å²) in [5, 5.41) is 5.07. The molecule has 1 fully saturated rings. The van der Waals surface area contributed by atoms with E-state index in [0.29, 0.717) is 17.3 Å². The van der Waals surface area contributed by atoms with Crippen LogP contribution in [-0.4, -0.2) is 38.7 Å². The summed E-state index contributed by atoms with van der Waals surface area (Å²) in [6.45, 7) is 5.48. The normalized spacial score (nSPS) is 18.8. The summed E-state index contributed by atoms with van der Waals surface area (Å²) in [7, 11) is 0. The fraction of sp³-hybridized carbons (Fsp3) is 0.429. The topological polar surface area (TPSA) is 53.9 Å². The van der Waals surface area contributed by atoms with Gasteiger partial charge in [0.2, 0.25) is 0 Å². The van der Waals surface area contributed by atoms with Crippen LogP contribution in [-0.2, 0) is 0 Å². The molecule has 6 heteroatoms. The maximum atomic E-state index is 12.3. The van der Waals surface area contributed by atoms with Gasteiger partial charge in [0.25, 0.3) is 5.91 Å². The first kappa shape index (κ1) is 13.2. The van der Waals surface area contributed by atoms with E-state index < -0.39 is 0 Å². The number of H-pyrrole nitrogens is 1. The molecule has 20 heavy (non-hydrogen) atoms. The van der Waals surface area contributed by atoms with Crippen molar-refractivity contribution in [2.45, 2.75) is 26.3 Å². The average Bonchev–Trinajstić information content (AvgIpc) is 3.08. The van der Waals surface area contributed by atoms with Crippen LogP contribution in [0.1, 0.15) is 34.3 Å². The Kier molecular flexibility index (Phi) is 3.30. The van der Waals surface area contributed by atoms with Crippen molar-refractivity contribution in [3.05, 3.63) is 40.4 Å². The van der Waals surface area contributed by atoms with Crippen LogP contribution in [0.15, 0.2) is 18.3 Å². The molecule has 1 N–H and O–H groups in total. The van der Waals surface area contributed by atoms with Gasteiger partial charge in [-0.2, -0.15) is 5.10 Å². The number of hydrogen-bond donors (Lipinski definition) is 1. The van der Waals surface area contributed by atoms with E-state index in [0.717, 1.165) is 24.4 Å². The SMILES string of the molecule is Cc1cc(C)n([C@@H]2CCN(C(=O)c3cc(Cl)c[nH]3)C2)n1. The van der Waals surface area contributed by atoms with Crippen LogP contribution in [0.4, 0.5) is 0 Å². The maximum absolute atomic E-state index is 12.3. The Labute approximate surface area is 122 Å². The summed E-state index contributed by atoms with van der Waals surface area (Å²) in [5.74, 6) is 0.000862. The van der Waals surface area contributed by atoms with Crippen molar-refractivity contribution in [2.75, 3.05) is 13.1 Å². The highest BCUT2D eigenvalue weighted by molar-refractivity contribution is 6.30. The van der Waals surface area contributed by atoms with Gasteiger partial charge in [0.15, 0.2) is 0 Å². The molecule has 0 spiro atoms. The Morgan fingerprint density at radius 2 is 2.25 bits per heavy atom. The van der Waals surface area contributed by atoms with Crippen LogP contribution in [0.2, 0.25) is 5.02 Å². The summed E-state index contributed by atoms with van der Waals surface area (Å²) in [6, 6.07) is 3.99. The summed E-state index contributed by atoms with van der Waals surface area (Å²) in [6.07, 6.45) is 2.56. The van der Waals surface area contributed by atoms with Crippen molar-refractivity contribution in [1.29, 1.82) is 0 Å². The van der Waals surface area contributed by atoms with Crippen molar-refractivity contribution in [2.24, 2.45) is 0 Å². The number of rotatable bonds is 2. The van der Waals surface area contributed by atoms with E-state index in [1.54, 1.807) is 12.3 Å². The number of carbonyl (C=O) groups is 1. The van der Waals surface area contributed by atoms with Crippen molar-refractivity contribution in [3.8, 4) is 0 Å². The van der Waals surface area contributed by atoms with Gasteiger partial charge in [-0.1, -0.05) is 11.6 Å². The van der Waals surface area contributed by atoms with Gasteiger partial charge in [0.05, 0.1) is 16.8 Å². The van der Waals surface area contributed by atoms with E-state index >= 15 is 0 Å². The fourth-order valence-corrected chi connectivity index (χ4v) is 2.97. The molecular formula is C14H17ClN4O. The van der Waals surface area contributed by atoms with Gasteiger partial charge < -0.3 is 9.88 Å². The average molecular weight is 293 g/mol. The number of likely N-dealkylation sites (tertiary alicyclic amines) is 1. The van der Waals surface area contributed by atoms with E-state index in [1.165, 1.54) is 0 Å². The second-order valence-corrected chi connectivity index (χ2v) is 5.73. The molecule has 0 unspecified atom stereocenters. The lowest BCUT2D eigenvalue weighted by molar-refractivity contribution is 0.0782. The van der Waals surface area contributed by atoms with Gasteiger partial charge in [-0.25, -0.2) is 0 Å². The lowest BCUT2D eigenvalue weighted by Crippen LogP contribution is -2.29. The zero-order valence-corrected chi connectivity index (χ0v) is 12.3. The van der Waals surface area contributed by atoms with E-state index in [1.807, 2.05) is 16.5 Å². The number of nitrogens with zero attached hydrogens (tertiary/aromatic N) is 3. The molecule has 0 bridgehead atoms. The monoisotopic (exact) mass is 292 g/mol. The Bertz CT molecular complexity index is 645. The lowest BCUT2D eigenvalue weighted by atomic mass is 10.2. The minimum atomic E-state index is 0.000862. The summed E-state index contributed by atoms with van der Waals surface area (Å²) < 4.78 is 2.03. The molecule has 0 aliphatic carbocycles. The molecule has 1 amide bonds. The predicted molar refractivity (Wildman–Crippen MR) is 77.1 cm³/mol. The third-order valence-corrected chi connectivity index (χ3v) is 3.94. The third-order valence-electron chi connectivity index (χ3n) is 3.72. The number of halogens is 1. The summed E-state index contributed by atoms with van der Waals surface area (Å²) in [5.41, 5.74) is 2.71. The minimum Gasteiger partial charge on any atom is -0.356 e. The van der Waals surface area contributed by atoms with Crippen LogP contribution in [0.5, 0.6) is 0 Å². The molecule has 2 aromatic heterocycles. The smallest absolute Gasteiger partial charge is 0.270 e. The first-order valence-corrected chi connectivity index (χ1v) is 7.08. The molecular weight excluding hydrogens is 276 g/mol. The lowest BCUT2D eigenvalue weighted by Gasteiger charge is -2.16. The van der Waals surface area contributed by atoms with Crippen LogP contribution < -0.4 is 0 Å². The predicted octanol–water partition coefficient (Wildman–Crippen LogP) is 2.57. The van der Waals surface area contributed by atoms with E-state index in [9.17, 15) is 4.79 Å². The quantitative estimate of drug-likeness (QED) is 0.925. The van der Waals surface area contributed by atoms with Crippen LogP contribution >= 0.6 is 11.6 Å². The minimum absolute atomic E-state index is 0.000862. The molecule has 0 saturated carbocycles. The van der Waals surface area contributed by atoms with Gasteiger partial charge in [-0.05, 0) is 32.4 Å². The largest absolute Gasteiger partial charge is 0.356 e. The second-order valence-electron chi connectivity index (χ2n) is 5.30. The number of carbonyl (C=O) groups excluding carboxylic acids is 1. The molecule has 0 radical (unpaired) electrons. The molecule has 2 aromatic rings. The van der Waals surface area contributed by atoms with E-state index in [4.69, 9.17) is 11.6 Å². The van der Waals surface area contributed by atoms with Gasteiger partial charge in [0, 0.05) is 25.0 Å². The number of hydrogen-bond acceptors (Lipinski definition) is 2. The molecule has 1 aliphatic rings. The fourth-order valence-electron chi connectivity index (χ4n) is 2.80. The van der Waals surface area contributed by atoms with Crippen molar-refractivity contribution < 1.29 is 4.79 Å². The standard InChI is InChI=1S/C14H17ClN4O/c1-9-5-10(2)19(17-9)12-3-4-18(8-12)14(20)13-6-11(15)7-16-13/h5-7,12,16H,3-4,8H2,1-2H3/t12-/m1/s1. The molecule has 106 valence electrons. The molecule has 1 saturated heterocycles. The highest BCUT2D eigenvalue weighted by atomic mass is 35.5. The Balaban J connectivity index is 1.73. The molecule has 3 heterocycles. The van der Waals surface area contributed by atoms with Gasteiger partial charge >= 0.3 is 0 Å². The highest BCUT2D eigenvalue weighted by Gasteiger charge is 2.29. The number of aromatic amines is 1. The zero-order valence-electron chi connectivity index (χ0n) is 11.6. The van der Waals surface area contributed by atoms with Crippen molar-refractivity contribution >= 4 is 17.5 Å². The number of nitrogens with one attached hydrogen (secondary N) is 1. The van der Waals surface area contributed by atoms with Gasteiger partial charge in [-0.15, -0.1) is 0 Å². The molecule has 3 rings (SSSR count). The maximum Gasteiger partial charge on any atom is 0.270 e. The molecule has 5 nitrogen and oxygen atoms in total. The number of amides is 1. The van der Waals surface area contributed by atoms with Crippen LogP contribution in [0.25, 0.3) is 0 Å². The number of aromatic nitrogens is 3.